The quantitative estimate of drug-likeness (QED) is 0.824. The molecule has 0 radical (unpaired) electrons. The van der Waals surface area contributed by atoms with Gasteiger partial charge in [0.15, 0.2) is 0 Å². The van der Waals surface area contributed by atoms with Crippen LogP contribution in [0, 0.1) is 0 Å². The van der Waals surface area contributed by atoms with E-state index >= 15 is 0 Å². The number of aryl methyl sites for hydroxylation is 1. The Hall–Kier alpha value is -2.04. The van der Waals surface area contributed by atoms with Crippen LogP contribution in [0.15, 0.2) is 31.2 Å². The summed E-state index contributed by atoms with van der Waals surface area (Å²) in [6, 6.07) is 0. The third-order valence-corrected chi connectivity index (χ3v) is 2.69. The standard InChI is InChI=1S/C13H19N5/c1-5-7-18-8-6-14-13(18)15-11-9-17(4)16-12(11)10(2)3/h5-6,8-10H,1,7H2,2-4H3,(H,14,15). The predicted molar refractivity (Wildman–Crippen MR) is 73.0 cm³/mol. The Bertz CT molecular complexity index is 535. The Balaban J connectivity index is 2.28. The molecule has 0 unspecified atom stereocenters. The number of aromatic nitrogens is 4. The maximum absolute atomic E-state index is 4.46. The lowest BCUT2D eigenvalue weighted by molar-refractivity contribution is 0.713. The van der Waals surface area contributed by atoms with E-state index in [0.717, 1.165) is 23.9 Å². The summed E-state index contributed by atoms with van der Waals surface area (Å²) in [7, 11) is 1.92. The molecule has 0 fully saturated rings. The highest BCUT2D eigenvalue weighted by atomic mass is 15.3. The number of allylic oxidation sites excluding steroid dienone is 1. The number of rotatable bonds is 5. The second-order valence-electron chi connectivity index (χ2n) is 4.57. The molecule has 0 saturated carbocycles. The second kappa shape index (κ2) is 5.08. The number of hydrogen-bond acceptors (Lipinski definition) is 3. The fourth-order valence-corrected chi connectivity index (χ4v) is 1.87. The zero-order chi connectivity index (χ0) is 13.1. The van der Waals surface area contributed by atoms with Gasteiger partial charge in [-0.1, -0.05) is 19.9 Å². The first-order chi connectivity index (χ1) is 8.61. The summed E-state index contributed by atoms with van der Waals surface area (Å²) < 4.78 is 3.82. The molecule has 5 heteroatoms. The highest BCUT2D eigenvalue weighted by molar-refractivity contribution is 5.56. The summed E-state index contributed by atoms with van der Waals surface area (Å²) in [5.74, 6) is 1.18. The van der Waals surface area contributed by atoms with Gasteiger partial charge in [0.25, 0.3) is 0 Å². The van der Waals surface area contributed by atoms with E-state index in [4.69, 9.17) is 0 Å². The SMILES string of the molecule is C=CCn1ccnc1Nc1cn(C)nc1C(C)C. The van der Waals surface area contributed by atoms with Gasteiger partial charge in [0.1, 0.15) is 0 Å². The van der Waals surface area contributed by atoms with Crippen LogP contribution in [0.1, 0.15) is 25.5 Å². The Kier molecular flexibility index (Phi) is 3.50. The predicted octanol–water partition coefficient (Wildman–Crippen LogP) is 2.67. The molecule has 0 aliphatic carbocycles. The number of imidazole rings is 1. The zero-order valence-corrected chi connectivity index (χ0v) is 11.1. The number of nitrogens with one attached hydrogen (secondary N) is 1. The molecule has 0 aliphatic rings. The van der Waals surface area contributed by atoms with Crippen molar-refractivity contribution < 1.29 is 0 Å². The van der Waals surface area contributed by atoms with Crippen LogP contribution >= 0.6 is 0 Å². The third-order valence-electron chi connectivity index (χ3n) is 2.69. The van der Waals surface area contributed by atoms with Gasteiger partial charge in [-0.3, -0.25) is 4.68 Å². The summed E-state index contributed by atoms with van der Waals surface area (Å²) >= 11 is 0. The zero-order valence-electron chi connectivity index (χ0n) is 11.1. The van der Waals surface area contributed by atoms with Crippen molar-refractivity contribution in [1.82, 2.24) is 19.3 Å². The topological polar surface area (TPSA) is 47.7 Å². The maximum Gasteiger partial charge on any atom is 0.207 e. The molecule has 0 amide bonds. The lowest BCUT2D eigenvalue weighted by Crippen LogP contribution is -2.03. The number of anilines is 2. The Morgan fingerprint density at radius 3 is 2.94 bits per heavy atom. The lowest BCUT2D eigenvalue weighted by Gasteiger charge is -2.09. The van der Waals surface area contributed by atoms with Crippen molar-refractivity contribution in [2.45, 2.75) is 26.3 Å². The Labute approximate surface area is 107 Å². The number of hydrogen-bond donors (Lipinski definition) is 1. The molecular formula is C13H19N5. The van der Waals surface area contributed by atoms with Crippen molar-refractivity contribution in [3.8, 4) is 0 Å². The highest BCUT2D eigenvalue weighted by Gasteiger charge is 2.13. The van der Waals surface area contributed by atoms with Crippen molar-refractivity contribution in [2.75, 3.05) is 5.32 Å². The van der Waals surface area contributed by atoms with Gasteiger partial charge in [0.05, 0.1) is 11.4 Å². The second-order valence-corrected chi connectivity index (χ2v) is 4.57. The van der Waals surface area contributed by atoms with E-state index in [0.29, 0.717) is 5.92 Å². The van der Waals surface area contributed by atoms with Crippen molar-refractivity contribution in [3.63, 3.8) is 0 Å². The molecule has 0 saturated heterocycles. The Morgan fingerprint density at radius 1 is 1.50 bits per heavy atom. The van der Waals surface area contributed by atoms with E-state index in [1.165, 1.54) is 0 Å². The van der Waals surface area contributed by atoms with Gasteiger partial charge in [0, 0.05) is 32.2 Å². The molecule has 0 bridgehead atoms. The largest absolute Gasteiger partial charge is 0.323 e. The highest BCUT2D eigenvalue weighted by Crippen LogP contribution is 2.24. The van der Waals surface area contributed by atoms with E-state index in [1.54, 1.807) is 6.20 Å². The normalized spacial score (nSPS) is 10.9. The van der Waals surface area contributed by atoms with Gasteiger partial charge in [-0.05, 0) is 5.92 Å². The van der Waals surface area contributed by atoms with Crippen molar-refractivity contribution >= 4 is 11.6 Å². The van der Waals surface area contributed by atoms with E-state index in [9.17, 15) is 0 Å². The van der Waals surface area contributed by atoms with E-state index < -0.39 is 0 Å². The van der Waals surface area contributed by atoms with Gasteiger partial charge >= 0.3 is 0 Å². The van der Waals surface area contributed by atoms with Crippen LogP contribution in [-0.4, -0.2) is 19.3 Å². The van der Waals surface area contributed by atoms with Crippen molar-refractivity contribution in [2.24, 2.45) is 7.05 Å². The van der Waals surface area contributed by atoms with E-state index in [1.807, 2.05) is 34.8 Å². The van der Waals surface area contributed by atoms with Gasteiger partial charge in [-0.25, -0.2) is 4.98 Å². The van der Waals surface area contributed by atoms with Gasteiger partial charge in [0.2, 0.25) is 5.95 Å². The van der Waals surface area contributed by atoms with Crippen LogP contribution in [0.5, 0.6) is 0 Å². The van der Waals surface area contributed by atoms with Crippen molar-refractivity contribution in [1.29, 1.82) is 0 Å². The first kappa shape index (κ1) is 12.4. The fourth-order valence-electron chi connectivity index (χ4n) is 1.87. The average Bonchev–Trinajstić information content (AvgIpc) is 2.87. The molecule has 18 heavy (non-hydrogen) atoms. The van der Waals surface area contributed by atoms with Crippen LogP contribution < -0.4 is 5.32 Å². The molecule has 2 aromatic heterocycles. The molecule has 1 N–H and O–H groups in total. The maximum atomic E-state index is 4.46. The molecule has 2 rings (SSSR count). The smallest absolute Gasteiger partial charge is 0.207 e. The molecule has 5 nitrogen and oxygen atoms in total. The summed E-state index contributed by atoms with van der Waals surface area (Å²) in [5.41, 5.74) is 2.05. The minimum absolute atomic E-state index is 0.372. The summed E-state index contributed by atoms with van der Waals surface area (Å²) in [6.45, 7) is 8.73. The summed E-state index contributed by atoms with van der Waals surface area (Å²) in [5, 5.41) is 7.79. The van der Waals surface area contributed by atoms with Crippen LogP contribution in [0.3, 0.4) is 0 Å². The molecular weight excluding hydrogens is 226 g/mol. The van der Waals surface area contributed by atoms with Gasteiger partial charge in [-0.2, -0.15) is 5.10 Å². The molecule has 0 aliphatic heterocycles. The molecule has 0 spiro atoms. The molecule has 0 aromatic carbocycles. The van der Waals surface area contributed by atoms with Crippen molar-refractivity contribution in [3.05, 3.63) is 36.9 Å². The molecule has 0 atom stereocenters. The van der Waals surface area contributed by atoms with Gasteiger partial charge in [-0.15, -0.1) is 6.58 Å². The third kappa shape index (κ3) is 2.45. The summed E-state index contributed by atoms with van der Waals surface area (Å²) in [6.07, 6.45) is 7.52. The summed E-state index contributed by atoms with van der Waals surface area (Å²) in [4.78, 5) is 4.31. The molecule has 2 aromatic rings. The van der Waals surface area contributed by atoms with Crippen LogP contribution in [0.2, 0.25) is 0 Å². The van der Waals surface area contributed by atoms with Crippen LogP contribution in [0.4, 0.5) is 11.6 Å². The van der Waals surface area contributed by atoms with Gasteiger partial charge < -0.3 is 9.88 Å². The fraction of sp³-hybridized carbons (Fsp3) is 0.385. The monoisotopic (exact) mass is 245 g/mol. The molecule has 96 valence electrons. The van der Waals surface area contributed by atoms with Crippen LogP contribution in [0.25, 0.3) is 0 Å². The lowest BCUT2D eigenvalue weighted by atomic mass is 10.1. The first-order valence-electron chi connectivity index (χ1n) is 6.04. The number of nitrogens with zero attached hydrogens (tertiary/aromatic N) is 4. The first-order valence-corrected chi connectivity index (χ1v) is 6.04. The van der Waals surface area contributed by atoms with E-state index in [-0.39, 0.29) is 0 Å². The van der Waals surface area contributed by atoms with Crippen LogP contribution in [-0.2, 0) is 13.6 Å². The molecule has 2 heterocycles. The van der Waals surface area contributed by atoms with E-state index in [2.05, 4.69) is 35.8 Å². The minimum Gasteiger partial charge on any atom is -0.323 e. The average molecular weight is 245 g/mol. The Morgan fingerprint density at radius 2 is 2.28 bits per heavy atom. The minimum atomic E-state index is 0.372.